The van der Waals surface area contributed by atoms with Crippen molar-refractivity contribution >= 4 is 11.9 Å². The average Bonchev–Trinajstić information content (AvgIpc) is 2.33. The first-order chi connectivity index (χ1) is 6.40. The van der Waals surface area contributed by atoms with E-state index in [2.05, 4.69) is 26.1 Å². The number of nitrogens with one attached hydrogen (secondary N) is 1. The summed E-state index contributed by atoms with van der Waals surface area (Å²) in [6, 6.07) is -0.246. The van der Waals surface area contributed by atoms with Crippen molar-refractivity contribution in [3.8, 4) is 0 Å². The molecule has 0 aromatic carbocycles. The summed E-state index contributed by atoms with van der Waals surface area (Å²) in [4.78, 5) is 23.6. The zero-order valence-corrected chi connectivity index (χ0v) is 9.09. The summed E-state index contributed by atoms with van der Waals surface area (Å²) >= 11 is 0. The maximum atomic E-state index is 11.2. The van der Waals surface area contributed by atoms with Gasteiger partial charge in [-0.25, -0.2) is 4.79 Å². The summed E-state index contributed by atoms with van der Waals surface area (Å²) in [6.07, 6.45) is 1.90. The van der Waals surface area contributed by atoms with Crippen LogP contribution in [0.3, 0.4) is 0 Å². The van der Waals surface area contributed by atoms with Crippen molar-refractivity contribution in [1.29, 1.82) is 0 Å². The predicted octanol–water partition coefficient (Wildman–Crippen LogP) is 1.36. The Morgan fingerprint density at radius 2 is 2.00 bits per heavy atom. The molecule has 4 heteroatoms. The van der Waals surface area contributed by atoms with Crippen molar-refractivity contribution in [2.75, 3.05) is 13.1 Å². The van der Waals surface area contributed by atoms with E-state index in [1.165, 1.54) is 4.90 Å². The van der Waals surface area contributed by atoms with E-state index in [0.717, 1.165) is 12.8 Å². The molecule has 1 rings (SSSR count). The quantitative estimate of drug-likeness (QED) is 0.696. The fourth-order valence-corrected chi connectivity index (χ4v) is 1.45. The molecule has 14 heavy (non-hydrogen) atoms. The van der Waals surface area contributed by atoms with E-state index in [1.807, 2.05) is 0 Å². The third-order valence-corrected chi connectivity index (χ3v) is 2.25. The fourth-order valence-electron chi connectivity index (χ4n) is 1.45. The minimum absolute atomic E-state index is 0.107. The van der Waals surface area contributed by atoms with Gasteiger partial charge >= 0.3 is 6.03 Å². The van der Waals surface area contributed by atoms with E-state index in [0.29, 0.717) is 6.54 Å². The molecule has 1 aliphatic heterocycles. The Kier molecular flexibility index (Phi) is 3.13. The number of amides is 3. The number of imide groups is 1. The van der Waals surface area contributed by atoms with E-state index in [1.54, 1.807) is 0 Å². The zero-order chi connectivity index (χ0) is 10.8. The second-order valence-corrected chi connectivity index (χ2v) is 4.87. The van der Waals surface area contributed by atoms with Crippen LogP contribution in [0.5, 0.6) is 0 Å². The van der Waals surface area contributed by atoms with Gasteiger partial charge in [0.1, 0.15) is 0 Å². The molecule has 0 aromatic rings. The standard InChI is InChI=1S/C10H18N2O2/c1-10(2,3)5-4-6-12-8(13)7-11-9(12)14/h4-7H2,1-3H3,(H,11,14). The number of hydrogen-bond acceptors (Lipinski definition) is 2. The molecule has 0 radical (unpaired) electrons. The second kappa shape index (κ2) is 3.98. The lowest BCUT2D eigenvalue weighted by molar-refractivity contribution is -0.125. The Morgan fingerprint density at radius 1 is 1.36 bits per heavy atom. The van der Waals surface area contributed by atoms with Crippen molar-refractivity contribution in [2.45, 2.75) is 33.6 Å². The van der Waals surface area contributed by atoms with E-state index in [-0.39, 0.29) is 23.9 Å². The van der Waals surface area contributed by atoms with Gasteiger partial charge in [0.2, 0.25) is 5.91 Å². The van der Waals surface area contributed by atoms with Gasteiger partial charge in [-0.05, 0) is 18.3 Å². The molecular weight excluding hydrogens is 180 g/mol. The maximum Gasteiger partial charge on any atom is 0.324 e. The summed E-state index contributed by atoms with van der Waals surface area (Å²) < 4.78 is 0. The number of hydrogen-bond donors (Lipinski definition) is 1. The number of carbonyl (C=O) groups is 2. The Balaban J connectivity index is 2.31. The molecule has 0 aromatic heterocycles. The Labute approximate surface area is 84.7 Å². The largest absolute Gasteiger partial charge is 0.329 e. The number of carbonyl (C=O) groups excluding carboxylic acids is 2. The third-order valence-electron chi connectivity index (χ3n) is 2.25. The smallest absolute Gasteiger partial charge is 0.324 e. The van der Waals surface area contributed by atoms with E-state index >= 15 is 0 Å². The van der Waals surface area contributed by atoms with Gasteiger partial charge in [0.05, 0.1) is 6.54 Å². The first kappa shape index (κ1) is 11.0. The minimum atomic E-state index is -0.246. The number of urea groups is 1. The summed E-state index contributed by atoms with van der Waals surface area (Å²) in [5.41, 5.74) is 0.263. The highest BCUT2D eigenvalue weighted by molar-refractivity contribution is 6.01. The Hall–Kier alpha value is -1.06. The molecule has 0 saturated carbocycles. The molecule has 3 amide bonds. The monoisotopic (exact) mass is 198 g/mol. The molecule has 1 heterocycles. The minimum Gasteiger partial charge on any atom is -0.329 e. The molecule has 80 valence electrons. The predicted molar refractivity (Wildman–Crippen MR) is 53.8 cm³/mol. The Bertz CT molecular complexity index is 227. The number of rotatable bonds is 3. The lowest BCUT2D eigenvalue weighted by atomic mass is 9.90. The van der Waals surface area contributed by atoms with Crippen LogP contribution in [0.15, 0.2) is 0 Å². The van der Waals surface area contributed by atoms with Gasteiger partial charge in [-0.15, -0.1) is 0 Å². The van der Waals surface area contributed by atoms with Crippen LogP contribution >= 0.6 is 0 Å². The molecular formula is C10H18N2O2. The molecule has 0 bridgehead atoms. The van der Waals surface area contributed by atoms with E-state index in [4.69, 9.17) is 0 Å². The molecule has 0 atom stereocenters. The van der Waals surface area contributed by atoms with Gasteiger partial charge in [-0.3, -0.25) is 9.69 Å². The van der Waals surface area contributed by atoms with Crippen LogP contribution in [0.2, 0.25) is 0 Å². The van der Waals surface area contributed by atoms with Crippen molar-refractivity contribution in [2.24, 2.45) is 5.41 Å². The van der Waals surface area contributed by atoms with Gasteiger partial charge in [0.25, 0.3) is 0 Å². The van der Waals surface area contributed by atoms with E-state index < -0.39 is 0 Å². The highest BCUT2D eigenvalue weighted by Gasteiger charge is 2.27. The molecule has 4 nitrogen and oxygen atoms in total. The molecule has 1 saturated heterocycles. The van der Waals surface area contributed by atoms with Crippen LogP contribution in [0, 0.1) is 5.41 Å². The summed E-state index contributed by atoms with van der Waals surface area (Å²) in [7, 11) is 0. The molecule has 1 fully saturated rings. The van der Waals surface area contributed by atoms with Crippen LogP contribution < -0.4 is 5.32 Å². The highest BCUT2D eigenvalue weighted by Crippen LogP contribution is 2.20. The van der Waals surface area contributed by atoms with Crippen molar-refractivity contribution in [3.05, 3.63) is 0 Å². The lowest BCUT2D eigenvalue weighted by Crippen LogP contribution is -2.32. The number of nitrogens with zero attached hydrogens (tertiary/aromatic N) is 1. The third kappa shape index (κ3) is 3.01. The van der Waals surface area contributed by atoms with Crippen LogP contribution in [-0.4, -0.2) is 29.9 Å². The zero-order valence-electron chi connectivity index (χ0n) is 9.09. The van der Waals surface area contributed by atoms with Gasteiger partial charge < -0.3 is 5.32 Å². The highest BCUT2D eigenvalue weighted by atomic mass is 16.2. The van der Waals surface area contributed by atoms with Gasteiger partial charge in [-0.2, -0.15) is 0 Å². The molecule has 1 aliphatic rings. The molecule has 1 N–H and O–H groups in total. The average molecular weight is 198 g/mol. The van der Waals surface area contributed by atoms with Crippen molar-refractivity contribution < 1.29 is 9.59 Å². The molecule has 0 aliphatic carbocycles. The van der Waals surface area contributed by atoms with Gasteiger partial charge in [-0.1, -0.05) is 20.8 Å². The van der Waals surface area contributed by atoms with Crippen LogP contribution in [-0.2, 0) is 4.79 Å². The summed E-state index contributed by atoms with van der Waals surface area (Å²) in [6.45, 7) is 7.16. The molecule has 0 spiro atoms. The Morgan fingerprint density at radius 3 is 2.43 bits per heavy atom. The summed E-state index contributed by atoms with van der Waals surface area (Å²) in [5.74, 6) is -0.107. The van der Waals surface area contributed by atoms with Crippen LogP contribution in [0.25, 0.3) is 0 Å². The van der Waals surface area contributed by atoms with Crippen LogP contribution in [0.1, 0.15) is 33.6 Å². The maximum absolute atomic E-state index is 11.2. The van der Waals surface area contributed by atoms with Crippen molar-refractivity contribution in [3.63, 3.8) is 0 Å². The van der Waals surface area contributed by atoms with Crippen molar-refractivity contribution in [1.82, 2.24) is 10.2 Å². The van der Waals surface area contributed by atoms with Gasteiger partial charge in [0.15, 0.2) is 0 Å². The second-order valence-electron chi connectivity index (χ2n) is 4.87. The van der Waals surface area contributed by atoms with Gasteiger partial charge in [0, 0.05) is 6.54 Å². The lowest BCUT2D eigenvalue weighted by Gasteiger charge is -2.19. The SMILES string of the molecule is CC(C)(C)CCCN1C(=O)CNC1=O. The first-order valence-electron chi connectivity index (χ1n) is 4.98. The normalized spacial score (nSPS) is 17.5. The first-order valence-corrected chi connectivity index (χ1v) is 4.98. The topological polar surface area (TPSA) is 49.4 Å². The fraction of sp³-hybridized carbons (Fsp3) is 0.800. The molecule has 0 unspecified atom stereocenters. The van der Waals surface area contributed by atoms with E-state index in [9.17, 15) is 9.59 Å². The summed E-state index contributed by atoms with van der Waals surface area (Å²) in [5, 5.41) is 2.50. The van der Waals surface area contributed by atoms with Crippen LogP contribution in [0.4, 0.5) is 4.79 Å².